The molecule has 0 aliphatic carbocycles. The summed E-state index contributed by atoms with van der Waals surface area (Å²) in [6.45, 7) is 1.49. The van der Waals surface area contributed by atoms with Crippen molar-refractivity contribution in [2.45, 2.75) is 18.4 Å². The van der Waals surface area contributed by atoms with Crippen molar-refractivity contribution < 1.29 is 19.5 Å². The fraction of sp³-hybridized carbons (Fsp3) is 1.00. The summed E-state index contributed by atoms with van der Waals surface area (Å²) in [6.07, 6.45) is 0.460. The number of aliphatic hydroxyl groups is 1. The van der Waals surface area contributed by atoms with Crippen LogP contribution in [0.15, 0.2) is 0 Å². The van der Waals surface area contributed by atoms with Crippen molar-refractivity contribution in [3.05, 3.63) is 0 Å². The van der Waals surface area contributed by atoms with Gasteiger partial charge in [-0.15, -0.1) is 0 Å². The molecule has 1 atom stereocenters. The Kier molecular flexibility index (Phi) is 3.92. The average Bonchev–Trinajstić information content (AvgIpc) is 2.19. The van der Waals surface area contributed by atoms with E-state index in [1.807, 2.05) is 0 Å². The van der Waals surface area contributed by atoms with Gasteiger partial charge in [-0.05, 0) is 12.8 Å². The molecular formula is C8H18N2O4S. The molecule has 90 valence electrons. The van der Waals surface area contributed by atoms with Gasteiger partial charge in [-0.3, -0.25) is 4.55 Å². The number of hydrogen-bond acceptors (Lipinski definition) is 5. The highest BCUT2D eigenvalue weighted by Gasteiger charge is 2.32. The van der Waals surface area contributed by atoms with Gasteiger partial charge in [0.1, 0.15) is 1.41 Å². The van der Waals surface area contributed by atoms with Crippen LogP contribution in [0.2, 0.25) is 1.41 Å². The van der Waals surface area contributed by atoms with Gasteiger partial charge in [-0.1, -0.05) is 0 Å². The first kappa shape index (κ1) is 11.3. The van der Waals surface area contributed by atoms with Crippen LogP contribution in [0.4, 0.5) is 0 Å². The molecule has 6 nitrogen and oxygen atoms in total. The summed E-state index contributed by atoms with van der Waals surface area (Å²) >= 11 is 0. The molecule has 1 fully saturated rings. The van der Waals surface area contributed by atoms with E-state index in [2.05, 4.69) is 5.32 Å². The molecule has 0 saturated carbocycles. The molecule has 1 aliphatic heterocycles. The topological polar surface area (TPSA) is 98.7 Å². The maximum absolute atomic E-state index is 10.7. The van der Waals surface area contributed by atoms with Crippen molar-refractivity contribution in [2.75, 3.05) is 32.0 Å². The van der Waals surface area contributed by atoms with Crippen LogP contribution in [0.5, 0.6) is 0 Å². The number of piperazine rings is 1. The van der Waals surface area contributed by atoms with Crippen molar-refractivity contribution >= 4 is 10.1 Å². The van der Waals surface area contributed by atoms with Gasteiger partial charge in [0.05, 0.1) is 5.75 Å². The van der Waals surface area contributed by atoms with Crippen LogP contribution < -0.4 is 10.6 Å². The zero-order valence-electron chi connectivity index (χ0n) is 9.52. The lowest BCUT2D eigenvalue weighted by Gasteiger charge is -2.38. The molecule has 0 spiro atoms. The van der Waals surface area contributed by atoms with Gasteiger partial charge >= 0.3 is 0 Å². The van der Waals surface area contributed by atoms with E-state index in [-0.39, 0.29) is 18.8 Å². The lowest BCUT2D eigenvalue weighted by atomic mass is 9.90. The number of rotatable bonds is 5. The fourth-order valence-electron chi connectivity index (χ4n) is 1.74. The highest BCUT2D eigenvalue weighted by molar-refractivity contribution is 7.85. The Balaban J connectivity index is 2.70. The van der Waals surface area contributed by atoms with Gasteiger partial charge < -0.3 is 15.7 Å². The third-order valence-electron chi connectivity index (χ3n) is 2.59. The second kappa shape index (κ2) is 5.22. The Hall–Kier alpha value is -0.210. The second-order valence-electron chi connectivity index (χ2n) is 3.79. The molecule has 1 unspecified atom stereocenters. The van der Waals surface area contributed by atoms with Crippen LogP contribution in [0, 0.1) is 0 Å². The molecule has 0 aromatic heterocycles. The predicted molar refractivity (Wildman–Crippen MR) is 56.3 cm³/mol. The molecule has 4 N–H and O–H groups in total. The minimum absolute atomic E-state index is 0.109. The van der Waals surface area contributed by atoms with Crippen molar-refractivity contribution in [3.8, 4) is 0 Å². The molecule has 0 amide bonds. The summed E-state index contributed by atoms with van der Waals surface area (Å²) in [6, 6.07) is 0. The van der Waals surface area contributed by atoms with Gasteiger partial charge in [0.25, 0.3) is 10.1 Å². The SMILES string of the molecule is [2H]N1CCNCC1(CCO)CCS(=O)(=O)O. The van der Waals surface area contributed by atoms with E-state index in [1.54, 1.807) is 0 Å². The summed E-state index contributed by atoms with van der Waals surface area (Å²) in [4.78, 5) is 0. The third kappa shape index (κ3) is 4.43. The lowest BCUT2D eigenvalue weighted by molar-refractivity contribution is 0.183. The number of aliphatic hydroxyl groups excluding tert-OH is 1. The van der Waals surface area contributed by atoms with E-state index in [9.17, 15) is 8.42 Å². The Morgan fingerprint density at radius 1 is 1.40 bits per heavy atom. The van der Waals surface area contributed by atoms with Crippen molar-refractivity contribution in [3.63, 3.8) is 0 Å². The van der Waals surface area contributed by atoms with E-state index in [1.165, 1.54) is 5.31 Å². The zero-order chi connectivity index (χ0) is 12.2. The zero-order valence-corrected chi connectivity index (χ0v) is 9.33. The maximum Gasteiger partial charge on any atom is 0.264 e. The quantitative estimate of drug-likeness (QED) is 0.439. The van der Waals surface area contributed by atoms with E-state index in [4.69, 9.17) is 11.1 Å². The monoisotopic (exact) mass is 239 g/mol. The summed E-state index contributed by atoms with van der Waals surface area (Å²) in [5.74, 6) is -0.385. The lowest BCUT2D eigenvalue weighted by Crippen LogP contribution is -2.60. The summed E-state index contributed by atoms with van der Waals surface area (Å²) in [5.41, 5.74) is -0.706. The Labute approximate surface area is 91.3 Å². The van der Waals surface area contributed by atoms with Crippen LogP contribution in [0.1, 0.15) is 12.8 Å². The first-order valence-electron chi connectivity index (χ1n) is 5.38. The summed E-state index contributed by atoms with van der Waals surface area (Å²) < 4.78 is 38.0. The summed E-state index contributed by atoms with van der Waals surface area (Å²) in [7, 11) is -4.02. The first-order chi connectivity index (χ1) is 7.40. The Morgan fingerprint density at radius 3 is 2.67 bits per heavy atom. The van der Waals surface area contributed by atoms with Crippen LogP contribution in [-0.2, 0) is 10.1 Å². The maximum atomic E-state index is 10.7. The smallest absolute Gasteiger partial charge is 0.264 e. The number of nitrogens with one attached hydrogen (secondary N) is 2. The Bertz CT molecular complexity index is 320. The number of hydrogen-bond donors (Lipinski definition) is 4. The molecule has 0 aromatic rings. The predicted octanol–water partition coefficient (Wildman–Crippen LogP) is -1.42. The normalized spacial score (nSPS) is 30.1. The van der Waals surface area contributed by atoms with E-state index in [0.717, 1.165) is 0 Å². The van der Waals surface area contributed by atoms with E-state index in [0.29, 0.717) is 26.1 Å². The average molecular weight is 239 g/mol. The molecule has 0 aromatic carbocycles. The molecule has 7 heteroatoms. The molecule has 15 heavy (non-hydrogen) atoms. The van der Waals surface area contributed by atoms with Crippen molar-refractivity contribution in [2.24, 2.45) is 0 Å². The standard InChI is InChI=1S/C8H18N2O4S/c11-5-1-8(2-6-15(12,13)14)7-9-3-4-10-8/h9-11H,1-7H2,(H,12,13,14)/i/hD. The van der Waals surface area contributed by atoms with Gasteiger partial charge in [0, 0.05) is 31.8 Å². The van der Waals surface area contributed by atoms with E-state index < -0.39 is 15.7 Å². The highest BCUT2D eigenvalue weighted by atomic mass is 32.2. The second-order valence-corrected chi connectivity index (χ2v) is 5.36. The highest BCUT2D eigenvalue weighted by Crippen LogP contribution is 2.17. The van der Waals surface area contributed by atoms with Crippen LogP contribution in [0.25, 0.3) is 0 Å². The van der Waals surface area contributed by atoms with Crippen molar-refractivity contribution in [1.82, 2.24) is 10.6 Å². The van der Waals surface area contributed by atoms with Gasteiger partial charge in [0.2, 0.25) is 0 Å². The molecular weight excluding hydrogens is 220 g/mol. The van der Waals surface area contributed by atoms with Gasteiger partial charge in [0.15, 0.2) is 0 Å². The molecule has 1 saturated heterocycles. The Morgan fingerprint density at radius 2 is 2.13 bits per heavy atom. The minimum atomic E-state index is -4.02. The first-order valence-corrected chi connectivity index (χ1v) is 6.54. The van der Waals surface area contributed by atoms with Crippen LogP contribution >= 0.6 is 0 Å². The van der Waals surface area contributed by atoms with Crippen molar-refractivity contribution in [1.29, 1.82) is 0 Å². The molecule has 1 heterocycles. The molecule has 0 bridgehead atoms. The van der Waals surface area contributed by atoms with E-state index >= 15 is 0 Å². The van der Waals surface area contributed by atoms with Crippen LogP contribution in [-0.4, -0.2) is 55.6 Å². The molecule has 0 radical (unpaired) electrons. The minimum Gasteiger partial charge on any atom is -0.396 e. The van der Waals surface area contributed by atoms with Gasteiger partial charge in [-0.25, -0.2) is 0 Å². The molecule has 1 rings (SSSR count). The fourth-order valence-corrected chi connectivity index (χ4v) is 2.37. The third-order valence-corrected chi connectivity index (χ3v) is 3.31. The molecule has 1 aliphatic rings. The van der Waals surface area contributed by atoms with Crippen LogP contribution in [0.3, 0.4) is 0 Å². The summed E-state index contributed by atoms with van der Waals surface area (Å²) in [5, 5.41) is 13.4. The van der Waals surface area contributed by atoms with Gasteiger partial charge in [-0.2, -0.15) is 8.42 Å². The largest absolute Gasteiger partial charge is 0.396 e.